The van der Waals surface area contributed by atoms with Crippen LogP contribution in [-0.2, 0) is 9.59 Å². The van der Waals surface area contributed by atoms with Gasteiger partial charge in [0.25, 0.3) is 0 Å². The molecule has 3 rings (SSSR count). The van der Waals surface area contributed by atoms with Crippen molar-refractivity contribution in [2.24, 2.45) is 17.0 Å². The van der Waals surface area contributed by atoms with E-state index in [0.717, 1.165) is 25.7 Å². The molecule has 1 aliphatic heterocycles. The van der Waals surface area contributed by atoms with Crippen molar-refractivity contribution in [2.75, 3.05) is 0 Å². The number of fused-ring (bicyclic) bond motifs is 1. The Morgan fingerprint density at radius 3 is 2.37 bits per heavy atom. The second kappa shape index (κ2) is 4.94. The molecule has 5 nitrogen and oxygen atoms in total. The van der Waals surface area contributed by atoms with Crippen LogP contribution in [0.2, 0.25) is 0 Å². The van der Waals surface area contributed by atoms with Gasteiger partial charge in [-0.3, -0.25) is 14.5 Å². The van der Waals surface area contributed by atoms with Crippen molar-refractivity contribution in [3.63, 3.8) is 0 Å². The lowest BCUT2D eigenvalue weighted by Crippen LogP contribution is -2.41. The Kier molecular flexibility index (Phi) is 3.29. The van der Waals surface area contributed by atoms with Crippen LogP contribution in [0.3, 0.4) is 0 Å². The SMILES string of the molecule is O=C1[C@H]2CC/C(=N/O)C[C@H]2C(=O)N1C1CCCCC1. The molecular formula is C14H20N2O3. The summed E-state index contributed by atoms with van der Waals surface area (Å²) in [4.78, 5) is 26.5. The molecule has 19 heavy (non-hydrogen) atoms. The molecule has 2 aliphatic carbocycles. The van der Waals surface area contributed by atoms with Gasteiger partial charge in [0.05, 0.1) is 17.5 Å². The summed E-state index contributed by atoms with van der Waals surface area (Å²) < 4.78 is 0. The van der Waals surface area contributed by atoms with Gasteiger partial charge in [0.2, 0.25) is 11.8 Å². The molecule has 0 aromatic heterocycles. The molecule has 0 spiro atoms. The standard InChI is InChI=1S/C14H20N2O3/c17-13-11-7-6-9(15-19)8-12(11)14(18)16(13)10-4-2-1-3-5-10/h10-12,19H,1-8H2/b15-9-/t11-,12+/m0/s1. The highest BCUT2D eigenvalue weighted by Gasteiger charge is 2.51. The van der Waals surface area contributed by atoms with Crippen molar-refractivity contribution in [3.05, 3.63) is 0 Å². The number of carbonyl (C=O) groups excluding carboxylic acids is 2. The van der Waals surface area contributed by atoms with Gasteiger partial charge in [0.15, 0.2) is 0 Å². The maximum absolute atomic E-state index is 12.5. The van der Waals surface area contributed by atoms with Crippen molar-refractivity contribution >= 4 is 17.5 Å². The average molecular weight is 264 g/mol. The molecule has 2 saturated carbocycles. The zero-order valence-corrected chi connectivity index (χ0v) is 11.0. The van der Waals surface area contributed by atoms with Gasteiger partial charge in [-0.1, -0.05) is 24.4 Å². The molecule has 3 fully saturated rings. The Morgan fingerprint density at radius 1 is 1.00 bits per heavy atom. The van der Waals surface area contributed by atoms with Gasteiger partial charge in [-0.15, -0.1) is 0 Å². The molecule has 0 unspecified atom stereocenters. The quantitative estimate of drug-likeness (QED) is 0.447. The zero-order chi connectivity index (χ0) is 13.4. The van der Waals surface area contributed by atoms with Crippen LogP contribution in [0.1, 0.15) is 51.4 Å². The van der Waals surface area contributed by atoms with E-state index < -0.39 is 0 Å². The Balaban J connectivity index is 1.80. The number of amides is 2. The summed E-state index contributed by atoms with van der Waals surface area (Å²) in [5.74, 6) is -0.435. The van der Waals surface area contributed by atoms with E-state index in [1.807, 2.05) is 0 Å². The number of nitrogens with zero attached hydrogens (tertiary/aromatic N) is 2. The lowest BCUT2D eigenvalue weighted by molar-refractivity contribution is -0.143. The summed E-state index contributed by atoms with van der Waals surface area (Å²) in [5.41, 5.74) is 0.660. The summed E-state index contributed by atoms with van der Waals surface area (Å²) in [6, 6.07) is 0.119. The van der Waals surface area contributed by atoms with Gasteiger partial charge >= 0.3 is 0 Å². The van der Waals surface area contributed by atoms with Gasteiger partial charge in [0, 0.05) is 12.5 Å². The van der Waals surface area contributed by atoms with Gasteiger partial charge < -0.3 is 5.21 Å². The topological polar surface area (TPSA) is 70.0 Å². The summed E-state index contributed by atoms with van der Waals surface area (Å²) >= 11 is 0. The normalized spacial score (nSPS) is 34.9. The number of hydrogen-bond acceptors (Lipinski definition) is 4. The first-order valence-electron chi connectivity index (χ1n) is 7.29. The molecule has 1 saturated heterocycles. The molecule has 1 heterocycles. The first kappa shape index (κ1) is 12.6. The first-order chi connectivity index (χ1) is 9.22. The summed E-state index contributed by atoms with van der Waals surface area (Å²) in [5, 5.41) is 12.1. The van der Waals surface area contributed by atoms with Gasteiger partial charge in [-0.05, 0) is 25.7 Å². The minimum atomic E-state index is -0.269. The molecule has 104 valence electrons. The Bertz CT molecular complexity index is 426. The molecule has 5 heteroatoms. The number of carbonyl (C=O) groups is 2. The molecule has 2 amide bonds. The van der Waals surface area contributed by atoms with E-state index >= 15 is 0 Å². The van der Waals surface area contributed by atoms with E-state index in [4.69, 9.17) is 5.21 Å². The first-order valence-corrected chi connectivity index (χ1v) is 7.29. The Hall–Kier alpha value is -1.39. The third-order valence-corrected chi connectivity index (χ3v) is 4.88. The maximum Gasteiger partial charge on any atom is 0.233 e. The summed E-state index contributed by atoms with van der Waals surface area (Å²) in [7, 11) is 0. The second-order valence-corrected chi connectivity index (χ2v) is 5.96. The fourth-order valence-electron chi connectivity index (χ4n) is 3.83. The monoisotopic (exact) mass is 264 g/mol. The van der Waals surface area contributed by atoms with Crippen LogP contribution in [0.5, 0.6) is 0 Å². The smallest absolute Gasteiger partial charge is 0.233 e. The highest BCUT2D eigenvalue weighted by Crippen LogP contribution is 2.40. The average Bonchev–Trinajstić information content (AvgIpc) is 2.71. The molecule has 0 aromatic rings. The molecule has 0 bridgehead atoms. The van der Waals surface area contributed by atoms with Gasteiger partial charge in [-0.25, -0.2) is 0 Å². The van der Waals surface area contributed by atoms with E-state index in [2.05, 4.69) is 5.16 Å². The van der Waals surface area contributed by atoms with Crippen LogP contribution in [0.4, 0.5) is 0 Å². The number of hydrogen-bond donors (Lipinski definition) is 1. The third kappa shape index (κ3) is 2.05. The van der Waals surface area contributed by atoms with E-state index in [9.17, 15) is 9.59 Å². The van der Waals surface area contributed by atoms with E-state index in [-0.39, 0.29) is 29.7 Å². The highest BCUT2D eigenvalue weighted by molar-refractivity contribution is 6.08. The third-order valence-electron chi connectivity index (χ3n) is 4.88. The maximum atomic E-state index is 12.5. The number of rotatable bonds is 1. The molecule has 2 atom stereocenters. The number of imide groups is 1. The van der Waals surface area contributed by atoms with Crippen LogP contribution >= 0.6 is 0 Å². The lowest BCUT2D eigenvalue weighted by atomic mass is 9.80. The summed E-state index contributed by atoms with van der Waals surface area (Å²) in [6.45, 7) is 0. The summed E-state index contributed by atoms with van der Waals surface area (Å²) in [6.07, 6.45) is 7.08. The van der Waals surface area contributed by atoms with Crippen LogP contribution in [0.25, 0.3) is 0 Å². The minimum absolute atomic E-state index is 0.0252. The van der Waals surface area contributed by atoms with Gasteiger partial charge in [0.1, 0.15) is 0 Å². The van der Waals surface area contributed by atoms with Crippen molar-refractivity contribution in [2.45, 2.75) is 57.4 Å². The fourth-order valence-corrected chi connectivity index (χ4v) is 3.83. The van der Waals surface area contributed by atoms with Gasteiger partial charge in [-0.2, -0.15) is 0 Å². The van der Waals surface area contributed by atoms with E-state index in [1.54, 1.807) is 4.90 Å². The van der Waals surface area contributed by atoms with Crippen molar-refractivity contribution in [3.8, 4) is 0 Å². The Labute approximate surface area is 112 Å². The van der Waals surface area contributed by atoms with Crippen molar-refractivity contribution < 1.29 is 14.8 Å². The fraction of sp³-hybridized carbons (Fsp3) is 0.786. The van der Waals surface area contributed by atoms with Crippen LogP contribution in [0, 0.1) is 11.8 Å². The van der Waals surface area contributed by atoms with Crippen LogP contribution < -0.4 is 0 Å². The number of likely N-dealkylation sites (tertiary alicyclic amines) is 1. The minimum Gasteiger partial charge on any atom is -0.411 e. The lowest BCUT2D eigenvalue weighted by Gasteiger charge is -2.29. The zero-order valence-electron chi connectivity index (χ0n) is 11.0. The van der Waals surface area contributed by atoms with E-state index in [1.165, 1.54) is 6.42 Å². The van der Waals surface area contributed by atoms with Crippen LogP contribution in [-0.4, -0.2) is 33.7 Å². The highest BCUT2D eigenvalue weighted by atomic mass is 16.4. The predicted octanol–water partition coefficient (Wildman–Crippen LogP) is 1.93. The second-order valence-electron chi connectivity index (χ2n) is 5.96. The van der Waals surface area contributed by atoms with Crippen molar-refractivity contribution in [1.29, 1.82) is 0 Å². The molecule has 1 N–H and O–H groups in total. The largest absolute Gasteiger partial charge is 0.411 e. The van der Waals surface area contributed by atoms with E-state index in [0.29, 0.717) is 25.0 Å². The molecule has 0 aromatic carbocycles. The molecule has 0 radical (unpaired) electrons. The van der Waals surface area contributed by atoms with Crippen molar-refractivity contribution in [1.82, 2.24) is 4.90 Å². The predicted molar refractivity (Wildman–Crippen MR) is 68.8 cm³/mol. The van der Waals surface area contributed by atoms with Crippen LogP contribution in [0.15, 0.2) is 5.16 Å². The Morgan fingerprint density at radius 2 is 1.68 bits per heavy atom. The number of oxime groups is 1. The molecule has 3 aliphatic rings. The molecular weight excluding hydrogens is 244 g/mol.